The van der Waals surface area contributed by atoms with Crippen LogP contribution in [0.25, 0.3) is 0 Å². The van der Waals surface area contributed by atoms with Gasteiger partial charge in [0.15, 0.2) is 0 Å². The Bertz CT molecular complexity index is 666. The average Bonchev–Trinajstić information content (AvgIpc) is 2.57. The molecule has 1 fully saturated rings. The van der Waals surface area contributed by atoms with Crippen LogP contribution in [-0.4, -0.2) is 29.2 Å². The molecular formula is C19H26N4O. The number of anilines is 3. The van der Waals surface area contributed by atoms with Crippen LogP contribution < -0.4 is 15.0 Å². The van der Waals surface area contributed by atoms with Crippen LogP contribution in [0.4, 0.5) is 17.5 Å². The van der Waals surface area contributed by atoms with Gasteiger partial charge in [0.05, 0.1) is 11.8 Å². The molecule has 128 valence electrons. The van der Waals surface area contributed by atoms with Gasteiger partial charge in [0.1, 0.15) is 11.6 Å². The minimum absolute atomic E-state index is 0.121. The van der Waals surface area contributed by atoms with Crippen molar-refractivity contribution in [2.45, 2.75) is 39.7 Å². The summed E-state index contributed by atoms with van der Waals surface area (Å²) in [4.78, 5) is 11.4. The molecular weight excluding hydrogens is 300 g/mol. The molecule has 2 heterocycles. The van der Waals surface area contributed by atoms with Crippen molar-refractivity contribution in [1.29, 1.82) is 0 Å². The predicted octanol–water partition coefficient (Wildman–Crippen LogP) is 4.24. The molecule has 24 heavy (non-hydrogen) atoms. The summed E-state index contributed by atoms with van der Waals surface area (Å²) < 4.78 is 5.85. The van der Waals surface area contributed by atoms with Crippen LogP contribution in [0.3, 0.4) is 0 Å². The number of piperidine rings is 1. The highest BCUT2D eigenvalue weighted by atomic mass is 16.5. The van der Waals surface area contributed by atoms with Crippen LogP contribution in [0.2, 0.25) is 0 Å². The molecule has 0 aliphatic carbocycles. The van der Waals surface area contributed by atoms with Crippen molar-refractivity contribution >= 4 is 17.5 Å². The van der Waals surface area contributed by atoms with Crippen LogP contribution in [0, 0.1) is 5.92 Å². The molecule has 1 aliphatic rings. The lowest BCUT2D eigenvalue weighted by atomic mass is 9.99. The first-order valence-corrected chi connectivity index (χ1v) is 8.72. The Morgan fingerprint density at radius 3 is 2.67 bits per heavy atom. The zero-order chi connectivity index (χ0) is 16.9. The van der Waals surface area contributed by atoms with Crippen molar-refractivity contribution in [2.75, 3.05) is 23.3 Å². The molecule has 0 spiro atoms. The summed E-state index contributed by atoms with van der Waals surface area (Å²) in [7, 11) is 0. The average molecular weight is 326 g/mol. The van der Waals surface area contributed by atoms with E-state index in [1.54, 1.807) is 0 Å². The fourth-order valence-corrected chi connectivity index (χ4v) is 2.87. The maximum atomic E-state index is 5.85. The first-order valence-electron chi connectivity index (χ1n) is 8.72. The minimum Gasteiger partial charge on any atom is -0.489 e. The Hall–Kier alpha value is -2.30. The number of aromatic nitrogens is 2. The van der Waals surface area contributed by atoms with Crippen molar-refractivity contribution in [3.8, 4) is 5.75 Å². The minimum atomic E-state index is 0.121. The van der Waals surface area contributed by atoms with Gasteiger partial charge < -0.3 is 15.0 Å². The van der Waals surface area contributed by atoms with E-state index >= 15 is 0 Å². The van der Waals surface area contributed by atoms with Crippen molar-refractivity contribution in [3.05, 3.63) is 36.5 Å². The predicted molar refractivity (Wildman–Crippen MR) is 98.1 cm³/mol. The summed E-state index contributed by atoms with van der Waals surface area (Å²) in [6.45, 7) is 8.47. The Balaban J connectivity index is 1.75. The molecule has 0 amide bonds. The SMILES string of the molecule is CC1CCN(c2ccnc(Nc3ccccc3OC(C)C)n2)CC1. The smallest absolute Gasteiger partial charge is 0.229 e. The number of hydrogen-bond acceptors (Lipinski definition) is 5. The van der Waals surface area contributed by atoms with E-state index in [1.807, 2.05) is 50.4 Å². The standard InChI is InChI=1S/C19H26N4O/c1-14(2)24-17-7-5-4-6-16(17)21-19-20-11-8-18(22-19)23-12-9-15(3)10-13-23/h4-8,11,14-15H,9-10,12-13H2,1-3H3,(H,20,21,22). The number of hydrogen-bond donors (Lipinski definition) is 1. The number of nitrogens with one attached hydrogen (secondary N) is 1. The normalized spacial score (nSPS) is 15.6. The summed E-state index contributed by atoms with van der Waals surface area (Å²) >= 11 is 0. The van der Waals surface area contributed by atoms with Gasteiger partial charge in [0.2, 0.25) is 5.95 Å². The molecule has 3 rings (SSSR count). The third-order valence-corrected chi connectivity index (χ3v) is 4.24. The second kappa shape index (κ2) is 7.51. The van der Waals surface area contributed by atoms with Gasteiger partial charge in [-0.25, -0.2) is 4.98 Å². The van der Waals surface area contributed by atoms with Gasteiger partial charge in [-0.2, -0.15) is 4.98 Å². The number of ether oxygens (including phenoxy) is 1. The lowest BCUT2D eigenvalue weighted by molar-refractivity contribution is 0.244. The third-order valence-electron chi connectivity index (χ3n) is 4.24. The molecule has 5 nitrogen and oxygen atoms in total. The topological polar surface area (TPSA) is 50.3 Å². The van der Waals surface area contributed by atoms with Crippen molar-refractivity contribution < 1.29 is 4.74 Å². The molecule has 1 aliphatic heterocycles. The zero-order valence-corrected chi connectivity index (χ0v) is 14.7. The van der Waals surface area contributed by atoms with E-state index in [1.165, 1.54) is 12.8 Å². The molecule has 0 unspecified atom stereocenters. The highest BCUT2D eigenvalue weighted by Crippen LogP contribution is 2.28. The first kappa shape index (κ1) is 16.6. The lowest BCUT2D eigenvalue weighted by Crippen LogP contribution is -2.33. The zero-order valence-electron chi connectivity index (χ0n) is 14.7. The second-order valence-corrected chi connectivity index (χ2v) is 6.70. The van der Waals surface area contributed by atoms with Gasteiger partial charge in [-0.15, -0.1) is 0 Å². The summed E-state index contributed by atoms with van der Waals surface area (Å²) in [6.07, 6.45) is 4.38. The number of benzene rings is 1. The Morgan fingerprint density at radius 1 is 1.17 bits per heavy atom. The van der Waals surface area contributed by atoms with E-state index in [4.69, 9.17) is 4.74 Å². The molecule has 0 bridgehead atoms. The van der Waals surface area contributed by atoms with Gasteiger partial charge in [-0.05, 0) is 50.8 Å². The second-order valence-electron chi connectivity index (χ2n) is 6.70. The summed E-state index contributed by atoms with van der Waals surface area (Å²) in [6, 6.07) is 9.87. The van der Waals surface area contributed by atoms with Crippen LogP contribution >= 0.6 is 0 Å². The van der Waals surface area contributed by atoms with E-state index in [9.17, 15) is 0 Å². The quantitative estimate of drug-likeness (QED) is 0.890. The van der Waals surface area contributed by atoms with Crippen molar-refractivity contribution in [3.63, 3.8) is 0 Å². The van der Waals surface area contributed by atoms with Crippen LogP contribution in [0.5, 0.6) is 5.75 Å². The molecule has 5 heteroatoms. The summed E-state index contributed by atoms with van der Waals surface area (Å²) in [5.74, 6) is 3.21. The highest BCUT2D eigenvalue weighted by molar-refractivity contribution is 5.63. The maximum absolute atomic E-state index is 5.85. The van der Waals surface area contributed by atoms with E-state index in [-0.39, 0.29) is 6.10 Å². The number of rotatable bonds is 5. The number of nitrogens with zero attached hydrogens (tertiary/aromatic N) is 3. The van der Waals surface area contributed by atoms with E-state index < -0.39 is 0 Å². The molecule has 1 aromatic heterocycles. The van der Waals surface area contributed by atoms with Crippen molar-refractivity contribution in [1.82, 2.24) is 9.97 Å². The first-order chi connectivity index (χ1) is 11.6. The van der Waals surface area contributed by atoms with Crippen LogP contribution in [-0.2, 0) is 0 Å². The van der Waals surface area contributed by atoms with Gasteiger partial charge in [-0.3, -0.25) is 0 Å². The Kier molecular flexibility index (Phi) is 5.18. The van der Waals surface area contributed by atoms with Gasteiger partial charge in [-0.1, -0.05) is 19.1 Å². The lowest BCUT2D eigenvalue weighted by Gasteiger charge is -2.31. The Labute approximate surface area is 144 Å². The molecule has 0 atom stereocenters. The van der Waals surface area contributed by atoms with E-state index in [2.05, 4.69) is 27.1 Å². The van der Waals surface area contributed by atoms with Gasteiger partial charge in [0.25, 0.3) is 0 Å². The molecule has 0 saturated carbocycles. The summed E-state index contributed by atoms with van der Waals surface area (Å²) in [5, 5.41) is 3.29. The van der Waals surface area contributed by atoms with E-state index in [0.717, 1.165) is 36.3 Å². The molecule has 2 aromatic rings. The Morgan fingerprint density at radius 2 is 1.92 bits per heavy atom. The third kappa shape index (κ3) is 4.16. The molecule has 0 radical (unpaired) electrons. The van der Waals surface area contributed by atoms with Crippen molar-refractivity contribution in [2.24, 2.45) is 5.92 Å². The maximum Gasteiger partial charge on any atom is 0.229 e. The largest absolute Gasteiger partial charge is 0.489 e. The molecule has 1 aromatic carbocycles. The summed E-state index contributed by atoms with van der Waals surface area (Å²) in [5.41, 5.74) is 0.885. The molecule has 1 N–H and O–H groups in total. The van der Waals surface area contributed by atoms with Crippen LogP contribution in [0.15, 0.2) is 36.5 Å². The van der Waals surface area contributed by atoms with Gasteiger partial charge in [0, 0.05) is 19.3 Å². The van der Waals surface area contributed by atoms with E-state index in [0.29, 0.717) is 5.95 Å². The monoisotopic (exact) mass is 326 g/mol. The highest BCUT2D eigenvalue weighted by Gasteiger charge is 2.17. The number of para-hydroxylation sites is 2. The van der Waals surface area contributed by atoms with Crippen LogP contribution in [0.1, 0.15) is 33.6 Å². The fourth-order valence-electron chi connectivity index (χ4n) is 2.87. The fraction of sp³-hybridized carbons (Fsp3) is 0.474. The van der Waals surface area contributed by atoms with Gasteiger partial charge >= 0.3 is 0 Å². The molecule has 1 saturated heterocycles.